The van der Waals surface area contributed by atoms with E-state index in [0.717, 1.165) is 25.3 Å². The van der Waals surface area contributed by atoms with Crippen LogP contribution in [-0.4, -0.2) is 58.3 Å². The van der Waals surface area contributed by atoms with E-state index in [1.54, 1.807) is 0 Å². The first-order chi connectivity index (χ1) is 12.8. The Hall–Kier alpha value is -1.86. The first-order valence-electron chi connectivity index (χ1n) is 9.50. The fourth-order valence-corrected chi connectivity index (χ4v) is 4.78. The van der Waals surface area contributed by atoms with Gasteiger partial charge in [-0.1, -0.05) is 6.42 Å². The van der Waals surface area contributed by atoms with Crippen molar-refractivity contribution in [3.63, 3.8) is 0 Å². The predicted octanol–water partition coefficient (Wildman–Crippen LogP) is 3.03. The lowest BCUT2D eigenvalue weighted by molar-refractivity contribution is 0.0632. The van der Waals surface area contributed by atoms with Crippen LogP contribution in [0.3, 0.4) is 0 Å². The van der Waals surface area contributed by atoms with Crippen LogP contribution >= 0.6 is 11.3 Å². The van der Waals surface area contributed by atoms with Crippen molar-refractivity contribution in [1.29, 1.82) is 0 Å². The number of carbonyl (C=O) groups excluding carboxylic acids is 1. The van der Waals surface area contributed by atoms with Gasteiger partial charge in [0.25, 0.3) is 5.91 Å². The molecule has 6 nitrogen and oxygen atoms in total. The van der Waals surface area contributed by atoms with Gasteiger partial charge in [-0.15, -0.1) is 11.3 Å². The van der Waals surface area contributed by atoms with Crippen molar-refractivity contribution >= 4 is 17.2 Å². The third-order valence-corrected chi connectivity index (χ3v) is 6.09. The topological polar surface area (TPSA) is 50.6 Å². The van der Waals surface area contributed by atoms with E-state index in [0.29, 0.717) is 30.3 Å². The summed E-state index contributed by atoms with van der Waals surface area (Å²) in [5.74, 6) is 0.772. The standard InChI is InChI=1S/C19H26N4O2S/c1-2-25-17-7-11-26-18(17)19(24)22-13-15-6-8-20-23(15)16(14-22)12-21-9-4-3-5-10-21/h6-8,11,16H,2-5,9-10,12-14H2,1H3. The number of rotatable bonds is 5. The van der Waals surface area contributed by atoms with Crippen LogP contribution in [0.25, 0.3) is 0 Å². The monoisotopic (exact) mass is 374 g/mol. The van der Waals surface area contributed by atoms with E-state index in [4.69, 9.17) is 4.74 Å². The quantitative estimate of drug-likeness (QED) is 0.807. The maximum absolute atomic E-state index is 13.1. The zero-order valence-electron chi connectivity index (χ0n) is 15.3. The Morgan fingerprint density at radius 1 is 1.31 bits per heavy atom. The number of amides is 1. The van der Waals surface area contributed by atoms with Crippen LogP contribution in [0.5, 0.6) is 5.75 Å². The molecule has 0 saturated carbocycles. The Morgan fingerprint density at radius 2 is 2.15 bits per heavy atom. The minimum atomic E-state index is 0.0690. The Kier molecular flexibility index (Phi) is 5.26. The highest BCUT2D eigenvalue weighted by molar-refractivity contribution is 7.12. The number of carbonyl (C=O) groups is 1. The van der Waals surface area contributed by atoms with Gasteiger partial charge in [0.1, 0.15) is 10.6 Å². The highest BCUT2D eigenvalue weighted by atomic mass is 32.1. The van der Waals surface area contributed by atoms with E-state index >= 15 is 0 Å². The summed E-state index contributed by atoms with van der Waals surface area (Å²) in [4.78, 5) is 18.3. The van der Waals surface area contributed by atoms with Crippen LogP contribution in [0.15, 0.2) is 23.7 Å². The fourth-order valence-electron chi connectivity index (χ4n) is 3.98. The lowest BCUT2D eigenvalue weighted by Crippen LogP contribution is -2.46. The van der Waals surface area contributed by atoms with Crippen molar-refractivity contribution in [3.8, 4) is 5.75 Å². The molecule has 2 aliphatic heterocycles. The molecule has 1 amide bonds. The lowest BCUT2D eigenvalue weighted by atomic mass is 10.1. The second kappa shape index (κ2) is 7.80. The van der Waals surface area contributed by atoms with Crippen molar-refractivity contribution in [2.24, 2.45) is 0 Å². The van der Waals surface area contributed by atoms with Gasteiger partial charge in [-0.2, -0.15) is 5.10 Å². The SMILES string of the molecule is CCOc1ccsc1C(=O)N1Cc2ccnn2C(CN2CCCCC2)C1. The maximum atomic E-state index is 13.1. The lowest BCUT2D eigenvalue weighted by Gasteiger charge is -2.37. The van der Waals surface area contributed by atoms with Crippen LogP contribution in [-0.2, 0) is 6.54 Å². The summed E-state index contributed by atoms with van der Waals surface area (Å²) >= 11 is 1.46. The normalized spacial score (nSPS) is 20.8. The average Bonchev–Trinajstić information content (AvgIpc) is 3.31. The molecule has 1 atom stereocenters. The van der Waals surface area contributed by atoms with Crippen LogP contribution in [0.2, 0.25) is 0 Å². The maximum Gasteiger partial charge on any atom is 0.268 e. The summed E-state index contributed by atoms with van der Waals surface area (Å²) in [7, 11) is 0. The number of nitrogens with zero attached hydrogens (tertiary/aromatic N) is 4. The van der Waals surface area contributed by atoms with E-state index in [1.165, 1.54) is 30.6 Å². The molecular formula is C19H26N4O2S. The third kappa shape index (κ3) is 3.50. The van der Waals surface area contributed by atoms with E-state index in [1.807, 2.05) is 35.5 Å². The molecule has 2 aromatic rings. The molecule has 1 fully saturated rings. The molecule has 0 aromatic carbocycles. The van der Waals surface area contributed by atoms with Crippen molar-refractivity contribution < 1.29 is 9.53 Å². The second-order valence-corrected chi connectivity index (χ2v) is 7.93. The van der Waals surface area contributed by atoms with E-state index < -0.39 is 0 Å². The highest BCUT2D eigenvalue weighted by Gasteiger charge is 2.32. The summed E-state index contributed by atoms with van der Waals surface area (Å²) < 4.78 is 7.75. The number of fused-ring (bicyclic) bond motifs is 1. The molecule has 2 aromatic heterocycles. The van der Waals surface area contributed by atoms with E-state index in [2.05, 4.69) is 14.7 Å². The number of thiophene rings is 1. The summed E-state index contributed by atoms with van der Waals surface area (Å²) in [6.07, 6.45) is 5.73. The Labute approximate surface area is 158 Å². The largest absolute Gasteiger partial charge is 0.492 e. The molecule has 1 saturated heterocycles. The van der Waals surface area contributed by atoms with Crippen LogP contribution < -0.4 is 4.74 Å². The van der Waals surface area contributed by atoms with E-state index in [9.17, 15) is 4.79 Å². The molecule has 0 radical (unpaired) electrons. The number of piperidine rings is 1. The molecule has 4 heterocycles. The highest BCUT2D eigenvalue weighted by Crippen LogP contribution is 2.30. The number of likely N-dealkylation sites (tertiary alicyclic amines) is 1. The smallest absolute Gasteiger partial charge is 0.268 e. The van der Waals surface area contributed by atoms with Crippen molar-refractivity contribution in [3.05, 3.63) is 34.3 Å². The van der Waals surface area contributed by atoms with Gasteiger partial charge in [-0.3, -0.25) is 9.48 Å². The summed E-state index contributed by atoms with van der Waals surface area (Å²) in [5, 5.41) is 6.47. The fraction of sp³-hybridized carbons (Fsp3) is 0.579. The molecule has 4 rings (SSSR count). The van der Waals surface area contributed by atoms with Gasteiger partial charge in [0.15, 0.2) is 0 Å². The zero-order valence-corrected chi connectivity index (χ0v) is 16.1. The average molecular weight is 375 g/mol. The molecule has 1 unspecified atom stereocenters. The molecule has 0 N–H and O–H groups in total. The Bertz CT molecular complexity index is 750. The Morgan fingerprint density at radius 3 is 2.96 bits per heavy atom. The molecule has 7 heteroatoms. The molecule has 0 bridgehead atoms. The summed E-state index contributed by atoms with van der Waals surface area (Å²) in [6, 6.07) is 4.13. The minimum Gasteiger partial charge on any atom is -0.492 e. The number of aromatic nitrogens is 2. The van der Waals surface area contributed by atoms with Crippen LogP contribution in [0.1, 0.15) is 47.6 Å². The van der Waals surface area contributed by atoms with Gasteiger partial charge in [0, 0.05) is 19.3 Å². The van der Waals surface area contributed by atoms with Gasteiger partial charge < -0.3 is 14.5 Å². The predicted molar refractivity (Wildman–Crippen MR) is 102 cm³/mol. The molecule has 0 aliphatic carbocycles. The van der Waals surface area contributed by atoms with E-state index in [-0.39, 0.29) is 11.9 Å². The van der Waals surface area contributed by atoms with Crippen molar-refractivity contribution in [2.45, 2.75) is 38.8 Å². The van der Waals surface area contributed by atoms with Gasteiger partial charge in [0.2, 0.25) is 0 Å². The van der Waals surface area contributed by atoms with Crippen molar-refractivity contribution in [1.82, 2.24) is 19.6 Å². The number of ether oxygens (including phenoxy) is 1. The summed E-state index contributed by atoms with van der Waals surface area (Å²) in [5.41, 5.74) is 1.11. The van der Waals surface area contributed by atoms with Gasteiger partial charge >= 0.3 is 0 Å². The number of hydrogen-bond acceptors (Lipinski definition) is 5. The van der Waals surface area contributed by atoms with Gasteiger partial charge in [-0.05, 0) is 50.4 Å². The molecule has 2 aliphatic rings. The van der Waals surface area contributed by atoms with Gasteiger partial charge in [0.05, 0.1) is 24.9 Å². The molecule has 0 spiro atoms. The van der Waals surface area contributed by atoms with Crippen molar-refractivity contribution in [2.75, 3.05) is 32.8 Å². The first kappa shape index (κ1) is 17.5. The van der Waals surface area contributed by atoms with Gasteiger partial charge in [-0.25, -0.2) is 0 Å². The van der Waals surface area contributed by atoms with Crippen LogP contribution in [0, 0.1) is 0 Å². The minimum absolute atomic E-state index is 0.0690. The first-order valence-corrected chi connectivity index (χ1v) is 10.4. The molecule has 26 heavy (non-hydrogen) atoms. The summed E-state index contributed by atoms with van der Waals surface area (Å²) in [6.45, 7) is 7.09. The zero-order chi connectivity index (χ0) is 17.9. The van der Waals surface area contributed by atoms with Crippen LogP contribution in [0.4, 0.5) is 0 Å². The molecule has 140 valence electrons. The number of hydrogen-bond donors (Lipinski definition) is 0. The Balaban J connectivity index is 1.53. The second-order valence-electron chi connectivity index (χ2n) is 7.01. The molecular weight excluding hydrogens is 348 g/mol. The third-order valence-electron chi connectivity index (χ3n) is 5.21.